The molecule has 1 aliphatic heterocycles. The Kier molecular flexibility index (Phi) is 3.84. The zero-order valence-corrected chi connectivity index (χ0v) is 12.1. The van der Waals surface area contributed by atoms with Crippen molar-refractivity contribution in [1.82, 2.24) is 5.32 Å². The van der Waals surface area contributed by atoms with Crippen LogP contribution in [0.15, 0.2) is 24.3 Å². The van der Waals surface area contributed by atoms with E-state index in [4.69, 9.17) is 0 Å². The van der Waals surface area contributed by atoms with Gasteiger partial charge in [-0.15, -0.1) is 11.8 Å². The third-order valence-corrected chi connectivity index (χ3v) is 4.67. The highest BCUT2D eigenvalue weighted by atomic mass is 32.2. The van der Waals surface area contributed by atoms with Crippen molar-refractivity contribution in [2.24, 2.45) is 5.92 Å². The SMILES string of the molecule is CC(C)Cc1ccc(C2NC(C)(C)CS2)cc1. The monoisotopic (exact) mass is 249 g/mol. The highest BCUT2D eigenvalue weighted by molar-refractivity contribution is 7.99. The standard InChI is InChI=1S/C15H23NS/c1-11(2)9-12-5-7-13(8-6-12)14-16-15(3,4)10-17-14/h5-8,11,14,16H,9-10H2,1-4H3. The molecule has 1 aromatic carbocycles. The summed E-state index contributed by atoms with van der Waals surface area (Å²) in [6, 6.07) is 9.12. The Hall–Kier alpha value is -0.470. The van der Waals surface area contributed by atoms with E-state index in [0.29, 0.717) is 5.37 Å². The molecule has 1 atom stereocenters. The number of nitrogens with one attached hydrogen (secondary N) is 1. The lowest BCUT2D eigenvalue weighted by Gasteiger charge is -2.19. The second-order valence-electron chi connectivity index (χ2n) is 6.06. The van der Waals surface area contributed by atoms with Crippen LogP contribution in [0.3, 0.4) is 0 Å². The fourth-order valence-corrected chi connectivity index (χ4v) is 3.63. The zero-order chi connectivity index (χ0) is 12.5. The van der Waals surface area contributed by atoms with Crippen molar-refractivity contribution >= 4 is 11.8 Å². The molecule has 1 nitrogen and oxygen atoms in total. The smallest absolute Gasteiger partial charge is 0.0794 e. The van der Waals surface area contributed by atoms with Crippen LogP contribution in [0.5, 0.6) is 0 Å². The molecule has 1 saturated heterocycles. The second kappa shape index (κ2) is 5.03. The molecule has 1 fully saturated rings. The van der Waals surface area contributed by atoms with Crippen LogP contribution >= 0.6 is 11.8 Å². The number of hydrogen-bond donors (Lipinski definition) is 1. The third kappa shape index (κ3) is 3.49. The van der Waals surface area contributed by atoms with Crippen molar-refractivity contribution in [1.29, 1.82) is 0 Å². The summed E-state index contributed by atoms with van der Waals surface area (Å²) in [5.41, 5.74) is 3.13. The van der Waals surface area contributed by atoms with Gasteiger partial charge >= 0.3 is 0 Å². The van der Waals surface area contributed by atoms with E-state index in [0.717, 1.165) is 5.92 Å². The third-order valence-electron chi connectivity index (χ3n) is 3.06. The van der Waals surface area contributed by atoms with E-state index in [1.54, 1.807) is 0 Å². The molecule has 0 bridgehead atoms. The summed E-state index contributed by atoms with van der Waals surface area (Å²) < 4.78 is 0. The summed E-state index contributed by atoms with van der Waals surface area (Å²) in [4.78, 5) is 0. The summed E-state index contributed by atoms with van der Waals surface area (Å²) in [7, 11) is 0. The molecular weight excluding hydrogens is 226 g/mol. The average Bonchev–Trinajstić information content (AvgIpc) is 2.59. The van der Waals surface area contributed by atoms with Gasteiger partial charge in [0.05, 0.1) is 5.37 Å². The molecule has 0 radical (unpaired) electrons. The molecule has 17 heavy (non-hydrogen) atoms. The van der Waals surface area contributed by atoms with Crippen LogP contribution in [-0.2, 0) is 6.42 Å². The van der Waals surface area contributed by atoms with Gasteiger partial charge in [0, 0.05) is 11.3 Å². The van der Waals surface area contributed by atoms with Gasteiger partial charge < -0.3 is 0 Å². The molecule has 94 valence electrons. The molecule has 0 aliphatic carbocycles. The number of hydrogen-bond acceptors (Lipinski definition) is 2. The molecule has 2 rings (SSSR count). The Morgan fingerprint density at radius 1 is 1.29 bits per heavy atom. The molecule has 1 heterocycles. The van der Waals surface area contributed by atoms with E-state index in [1.165, 1.54) is 23.3 Å². The Balaban J connectivity index is 2.03. The molecule has 0 saturated carbocycles. The van der Waals surface area contributed by atoms with Crippen LogP contribution in [0, 0.1) is 5.92 Å². The Morgan fingerprint density at radius 2 is 1.94 bits per heavy atom. The Labute approximate surface area is 109 Å². The first-order valence-corrected chi connectivity index (χ1v) is 7.49. The molecule has 1 N–H and O–H groups in total. The number of thioether (sulfide) groups is 1. The minimum absolute atomic E-state index is 0.270. The van der Waals surface area contributed by atoms with Gasteiger partial charge in [0.2, 0.25) is 0 Å². The fourth-order valence-electron chi connectivity index (χ4n) is 2.21. The average molecular weight is 249 g/mol. The van der Waals surface area contributed by atoms with Crippen LogP contribution in [-0.4, -0.2) is 11.3 Å². The molecule has 2 heteroatoms. The predicted octanol–water partition coefficient (Wildman–Crippen LogP) is 4.00. The summed E-state index contributed by atoms with van der Waals surface area (Å²) in [5.74, 6) is 1.92. The van der Waals surface area contributed by atoms with E-state index in [9.17, 15) is 0 Å². The van der Waals surface area contributed by atoms with Crippen LogP contribution < -0.4 is 5.32 Å². The first kappa shape index (κ1) is 13.0. The lowest BCUT2D eigenvalue weighted by Crippen LogP contribution is -2.35. The largest absolute Gasteiger partial charge is 0.296 e. The van der Waals surface area contributed by atoms with Crippen LogP contribution in [0.4, 0.5) is 0 Å². The van der Waals surface area contributed by atoms with Gasteiger partial charge in [0.1, 0.15) is 0 Å². The quantitative estimate of drug-likeness (QED) is 0.869. The summed E-state index contributed by atoms with van der Waals surface area (Å²) in [6.45, 7) is 9.08. The summed E-state index contributed by atoms with van der Waals surface area (Å²) >= 11 is 2.01. The Bertz CT molecular complexity index is 367. The highest BCUT2D eigenvalue weighted by Gasteiger charge is 2.31. The van der Waals surface area contributed by atoms with E-state index in [2.05, 4.69) is 57.3 Å². The van der Waals surface area contributed by atoms with Gasteiger partial charge in [0.25, 0.3) is 0 Å². The van der Waals surface area contributed by atoms with Crippen molar-refractivity contribution in [2.45, 2.75) is 45.0 Å². The topological polar surface area (TPSA) is 12.0 Å². The van der Waals surface area contributed by atoms with Crippen LogP contribution in [0.2, 0.25) is 0 Å². The molecule has 1 aromatic rings. The van der Waals surface area contributed by atoms with Gasteiger partial charge in [-0.25, -0.2) is 0 Å². The second-order valence-corrected chi connectivity index (χ2v) is 7.15. The van der Waals surface area contributed by atoms with Gasteiger partial charge in [-0.2, -0.15) is 0 Å². The first-order valence-electron chi connectivity index (χ1n) is 6.44. The van der Waals surface area contributed by atoms with Crippen molar-refractivity contribution in [2.75, 3.05) is 5.75 Å². The first-order chi connectivity index (χ1) is 7.96. The maximum absolute atomic E-state index is 3.67. The normalized spacial score (nSPS) is 23.2. The van der Waals surface area contributed by atoms with E-state index in [1.807, 2.05) is 11.8 Å². The lowest BCUT2D eigenvalue weighted by atomic mass is 10.0. The zero-order valence-electron chi connectivity index (χ0n) is 11.3. The van der Waals surface area contributed by atoms with Crippen LogP contribution in [0.25, 0.3) is 0 Å². The minimum Gasteiger partial charge on any atom is -0.296 e. The lowest BCUT2D eigenvalue weighted by molar-refractivity contribution is 0.452. The van der Waals surface area contributed by atoms with Crippen molar-refractivity contribution < 1.29 is 0 Å². The molecular formula is C15H23NS. The van der Waals surface area contributed by atoms with Gasteiger partial charge in [0.15, 0.2) is 0 Å². The number of rotatable bonds is 3. The molecule has 0 aromatic heterocycles. The van der Waals surface area contributed by atoms with Crippen molar-refractivity contribution in [3.63, 3.8) is 0 Å². The van der Waals surface area contributed by atoms with Gasteiger partial charge in [-0.3, -0.25) is 5.32 Å². The van der Waals surface area contributed by atoms with Crippen LogP contribution in [0.1, 0.15) is 44.2 Å². The Morgan fingerprint density at radius 3 is 2.41 bits per heavy atom. The maximum atomic E-state index is 3.67. The van der Waals surface area contributed by atoms with Gasteiger partial charge in [-0.05, 0) is 37.3 Å². The molecule has 1 unspecified atom stereocenters. The van der Waals surface area contributed by atoms with Crippen molar-refractivity contribution in [3.05, 3.63) is 35.4 Å². The van der Waals surface area contributed by atoms with Crippen molar-refractivity contribution in [3.8, 4) is 0 Å². The summed E-state index contributed by atoms with van der Waals surface area (Å²) in [6.07, 6.45) is 1.18. The minimum atomic E-state index is 0.270. The molecule has 1 aliphatic rings. The van der Waals surface area contributed by atoms with E-state index in [-0.39, 0.29) is 5.54 Å². The number of benzene rings is 1. The predicted molar refractivity (Wildman–Crippen MR) is 77.4 cm³/mol. The molecule has 0 spiro atoms. The molecule has 0 amide bonds. The fraction of sp³-hybridized carbons (Fsp3) is 0.600. The highest BCUT2D eigenvalue weighted by Crippen LogP contribution is 2.37. The van der Waals surface area contributed by atoms with E-state index >= 15 is 0 Å². The maximum Gasteiger partial charge on any atom is 0.0794 e. The summed E-state index contributed by atoms with van der Waals surface area (Å²) in [5, 5.41) is 4.14. The van der Waals surface area contributed by atoms with Gasteiger partial charge in [-0.1, -0.05) is 38.1 Å². The van der Waals surface area contributed by atoms with E-state index < -0.39 is 0 Å².